The van der Waals surface area contributed by atoms with E-state index in [1.54, 1.807) is 0 Å². The van der Waals surface area contributed by atoms with E-state index in [1.807, 2.05) is 37.3 Å². The molecule has 0 aliphatic heterocycles. The lowest BCUT2D eigenvalue weighted by molar-refractivity contribution is -0.116. The molecule has 0 aliphatic rings. The molecule has 2 atom stereocenters. The van der Waals surface area contributed by atoms with E-state index in [1.165, 1.54) is 11.1 Å². The summed E-state index contributed by atoms with van der Waals surface area (Å²) in [6.45, 7) is 4.21. The lowest BCUT2D eigenvalue weighted by Gasteiger charge is -2.27. The number of rotatable bonds is 10. The number of unbranched alkanes of at least 4 members (excludes halogenated alkanes) is 1. The summed E-state index contributed by atoms with van der Waals surface area (Å²) in [5, 5.41) is 4.50. The van der Waals surface area contributed by atoms with Crippen LogP contribution < -0.4 is 5.32 Å². The first-order valence-electron chi connectivity index (χ1n) is 11.2. The maximum absolute atomic E-state index is 12.5. The van der Waals surface area contributed by atoms with Crippen molar-refractivity contribution in [2.45, 2.75) is 51.4 Å². The maximum Gasteiger partial charge on any atom is 0.224 e. The van der Waals surface area contributed by atoms with Gasteiger partial charge in [-0.05, 0) is 84.2 Å². The zero-order valence-corrected chi connectivity index (χ0v) is 20.5. The van der Waals surface area contributed by atoms with E-state index in [9.17, 15) is 9.59 Å². The number of nitrogens with one attached hydrogen (secondary N) is 1. The van der Waals surface area contributed by atoms with Crippen LogP contribution in [-0.2, 0) is 16.0 Å². The van der Waals surface area contributed by atoms with Crippen LogP contribution in [0, 0.1) is 6.92 Å². The molecule has 0 heterocycles. The summed E-state index contributed by atoms with van der Waals surface area (Å²) in [4.78, 5) is 23.1. The summed E-state index contributed by atoms with van der Waals surface area (Å²) in [6.07, 6.45) is 2.94. The third-order valence-corrected chi connectivity index (χ3v) is 6.47. The van der Waals surface area contributed by atoms with Gasteiger partial charge >= 0.3 is 0 Å². The fourth-order valence-corrected chi connectivity index (χ4v) is 4.37. The normalized spacial score (nSPS) is 12.7. The zero-order valence-electron chi connectivity index (χ0n) is 19.0. The Morgan fingerprint density at radius 1 is 0.970 bits per heavy atom. The van der Waals surface area contributed by atoms with Gasteiger partial charge in [0, 0.05) is 28.6 Å². The van der Waals surface area contributed by atoms with Crippen LogP contribution >= 0.6 is 23.2 Å². The van der Waals surface area contributed by atoms with Gasteiger partial charge in [0.25, 0.3) is 0 Å². The average molecular weight is 482 g/mol. The van der Waals surface area contributed by atoms with E-state index in [0.717, 1.165) is 29.5 Å². The monoisotopic (exact) mass is 481 g/mol. The number of anilines is 1. The van der Waals surface area contributed by atoms with Crippen molar-refractivity contribution in [3.63, 3.8) is 0 Å². The second-order valence-electron chi connectivity index (χ2n) is 8.48. The van der Waals surface area contributed by atoms with Crippen LogP contribution in [-0.4, -0.2) is 12.2 Å². The van der Waals surface area contributed by atoms with Gasteiger partial charge in [-0.1, -0.05) is 66.5 Å². The Labute approximate surface area is 206 Å². The van der Waals surface area contributed by atoms with Crippen LogP contribution in [0.3, 0.4) is 0 Å². The number of aldehydes is 1. The molecular formula is C28H29Cl2NO2. The molecule has 0 aromatic heterocycles. The first-order chi connectivity index (χ1) is 15.9. The summed E-state index contributed by atoms with van der Waals surface area (Å²) in [7, 11) is 0. The first kappa shape index (κ1) is 25.0. The van der Waals surface area contributed by atoms with Gasteiger partial charge in [0.1, 0.15) is 6.29 Å². The number of carbonyl (C=O) groups is 2. The number of halogens is 2. The number of hydrogen-bond acceptors (Lipinski definition) is 2. The van der Waals surface area contributed by atoms with E-state index < -0.39 is 0 Å². The smallest absolute Gasteiger partial charge is 0.224 e. The number of carbonyl (C=O) groups excluding carboxylic acids is 2. The molecule has 3 aromatic rings. The number of hydrogen-bond donors (Lipinski definition) is 1. The molecule has 1 amide bonds. The highest BCUT2D eigenvalue weighted by Gasteiger charge is 2.24. The fourth-order valence-electron chi connectivity index (χ4n) is 4.12. The number of amides is 1. The summed E-state index contributed by atoms with van der Waals surface area (Å²) >= 11 is 12.3. The minimum Gasteiger partial charge on any atom is -0.326 e. The Kier molecular flexibility index (Phi) is 9.11. The third kappa shape index (κ3) is 7.18. The van der Waals surface area contributed by atoms with Crippen molar-refractivity contribution in [1.82, 2.24) is 0 Å². The summed E-state index contributed by atoms with van der Waals surface area (Å²) in [6, 6.07) is 22.1. The molecule has 3 rings (SSSR count). The highest BCUT2D eigenvalue weighted by atomic mass is 35.5. The van der Waals surface area contributed by atoms with Crippen LogP contribution in [0.2, 0.25) is 10.0 Å². The van der Waals surface area contributed by atoms with Crippen molar-refractivity contribution in [2.75, 3.05) is 5.32 Å². The van der Waals surface area contributed by atoms with Crippen LogP contribution in [0.25, 0.3) is 0 Å². The van der Waals surface area contributed by atoms with Crippen molar-refractivity contribution >= 4 is 41.1 Å². The van der Waals surface area contributed by atoms with Gasteiger partial charge in [-0.15, -0.1) is 0 Å². The average Bonchev–Trinajstić information content (AvgIpc) is 2.79. The fraction of sp³-hybridized carbons (Fsp3) is 0.286. The van der Waals surface area contributed by atoms with E-state index in [-0.39, 0.29) is 17.7 Å². The molecule has 33 heavy (non-hydrogen) atoms. The Bertz CT molecular complexity index is 1080. The van der Waals surface area contributed by atoms with Crippen LogP contribution in [0.15, 0.2) is 66.7 Å². The molecule has 0 radical (unpaired) electrons. The van der Waals surface area contributed by atoms with Crippen molar-refractivity contribution in [3.8, 4) is 0 Å². The quantitative estimate of drug-likeness (QED) is 0.237. The van der Waals surface area contributed by atoms with E-state index in [2.05, 4.69) is 48.6 Å². The van der Waals surface area contributed by atoms with Crippen molar-refractivity contribution < 1.29 is 9.59 Å². The lowest BCUT2D eigenvalue weighted by Crippen LogP contribution is -2.17. The molecule has 2 unspecified atom stereocenters. The van der Waals surface area contributed by atoms with Gasteiger partial charge in [-0.2, -0.15) is 0 Å². The molecule has 0 aliphatic carbocycles. The highest BCUT2D eigenvalue weighted by molar-refractivity contribution is 6.30. The Hall–Kier alpha value is -2.62. The third-order valence-electron chi connectivity index (χ3n) is 5.97. The molecule has 0 spiro atoms. The predicted molar refractivity (Wildman–Crippen MR) is 137 cm³/mol. The standard InChI is InChI=1S/C28H29Cl2NO2/c1-19-6-15-25(27(17-19)31-28(33)5-3-4-16-32)20(2)26(22-9-13-24(30)14-10-22)18-21-7-11-23(29)12-8-21/h6-17,20,26H,3-5,18H2,1-2H3,(H,31,33). The number of aryl methyl sites for hydroxylation is 1. The summed E-state index contributed by atoms with van der Waals surface area (Å²) in [5.41, 5.74) is 5.37. The molecule has 3 nitrogen and oxygen atoms in total. The molecule has 5 heteroatoms. The van der Waals surface area contributed by atoms with Gasteiger partial charge < -0.3 is 10.1 Å². The topological polar surface area (TPSA) is 46.2 Å². The minimum atomic E-state index is -0.0726. The first-order valence-corrected chi connectivity index (χ1v) is 12.0. The highest BCUT2D eigenvalue weighted by Crippen LogP contribution is 2.39. The zero-order chi connectivity index (χ0) is 23.8. The molecule has 0 bridgehead atoms. The Morgan fingerprint density at radius 3 is 2.24 bits per heavy atom. The van der Waals surface area contributed by atoms with Gasteiger partial charge in [-0.3, -0.25) is 4.79 Å². The lowest BCUT2D eigenvalue weighted by atomic mass is 9.78. The second-order valence-corrected chi connectivity index (χ2v) is 9.35. The molecule has 172 valence electrons. The number of benzene rings is 3. The molecule has 1 N–H and O–H groups in total. The molecule has 0 saturated carbocycles. The van der Waals surface area contributed by atoms with E-state index >= 15 is 0 Å². The van der Waals surface area contributed by atoms with E-state index in [4.69, 9.17) is 23.2 Å². The van der Waals surface area contributed by atoms with Crippen LogP contribution in [0.1, 0.15) is 60.3 Å². The Balaban J connectivity index is 1.93. The molecule has 3 aromatic carbocycles. The second kappa shape index (κ2) is 12.0. The summed E-state index contributed by atoms with van der Waals surface area (Å²) in [5.74, 6) is 0.209. The molecule has 0 fully saturated rings. The largest absolute Gasteiger partial charge is 0.326 e. The maximum atomic E-state index is 12.5. The van der Waals surface area contributed by atoms with Crippen molar-refractivity contribution in [3.05, 3.63) is 99.0 Å². The SMILES string of the molecule is Cc1ccc(C(C)C(Cc2ccc(Cl)cc2)c2ccc(Cl)cc2)c(NC(=O)CCCC=O)c1. The molecule has 0 saturated heterocycles. The predicted octanol–water partition coefficient (Wildman–Crippen LogP) is 7.74. The van der Waals surface area contributed by atoms with E-state index in [0.29, 0.717) is 29.3 Å². The van der Waals surface area contributed by atoms with Crippen molar-refractivity contribution in [1.29, 1.82) is 0 Å². The summed E-state index contributed by atoms with van der Waals surface area (Å²) < 4.78 is 0. The van der Waals surface area contributed by atoms with Gasteiger partial charge in [0.15, 0.2) is 0 Å². The van der Waals surface area contributed by atoms with Crippen LogP contribution in [0.4, 0.5) is 5.69 Å². The van der Waals surface area contributed by atoms with Crippen LogP contribution in [0.5, 0.6) is 0 Å². The molecular weight excluding hydrogens is 453 g/mol. The van der Waals surface area contributed by atoms with Crippen molar-refractivity contribution in [2.24, 2.45) is 0 Å². The van der Waals surface area contributed by atoms with Gasteiger partial charge in [0.2, 0.25) is 5.91 Å². The van der Waals surface area contributed by atoms with Gasteiger partial charge in [-0.25, -0.2) is 0 Å². The minimum absolute atomic E-state index is 0.0726. The Morgan fingerprint density at radius 2 is 1.61 bits per heavy atom. The van der Waals surface area contributed by atoms with Gasteiger partial charge in [0.05, 0.1) is 0 Å².